The second kappa shape index (κ2) is 5.94. The van der Waals surface area contributed by atoms with Crippen LogP contribution in [0.3, 0.4) is 0 Å². The lowest BCUT2D eigenvalue weighted by molar-refractivity contribution is -0.0878. The summed E-state index contributed by atoms with van der Waals surface area (Å²) in [4.78, 5) is 0.341. The lowest BCUT2D eigenvalue weighted by Gasteiger charge is -2.32. The normalized spacial score (nSPS) is 26.7. The first-order valence-electron chi connectivity index (χ1n) is 8.74. The first kappa shape index (κ1) is 16.8. The van der Waals surface area contributed by atoms with Gasteiger partial charge in [-0.15, -0.1) is 0 Å². The number of ether oxygens (including phenoxy) is 1. The Kier molecular flexibility index (Phi) is 3.98. The van der Waals surface area contributed by atoms with Gasteiger partial charge >= 0.3 is 0 Å². The minimum absolute atomic E-state index is 0.341. The summed E-state index contributed by atoms with van der Waals surface area (Å²) in [6.07, 6.45) is 2.20. The number of hydrogen-bond donors (Lipinski definition) is 0. The van der Waals surface area contributed by atoms with Gasteiger partial charge in [-0.05, 0) is 50.8 Å². The van der Waals surface area contributed by atoms with Crippen LogP contribution in [0, 0.1) is 13.8 Å². The molecule has 2 aromatic rings. The third-order valence-electron chi connectivity index (χ3n) is 5.30. The van der Waals surface area contributed by atoms with Crippen LogP contribution in [0.25, 0.3) is 0 Å². The van der Waals surface area contributed by atoms with E-state index < -0.39 is 15.6 Å². The second-order valence-corrected chi connectivity index (χ2v) is 9.08. The Morgan fingerprint density at radius 1 is 1.08 bits per heavy atom. The summed E-state index contributed by atoms with van der Waals surface area (Å²) in [5, 5.41) is 0. The van der Waals surface area contributed by atoms with Gasteiger partial charge in [0.1, 0.15) is 11.8 Å². The molecule has 0 unspecified atom stereocenters. The molecule has 25 heavy (non-hydrogen) atoms. The SMILES string of the molecule is Cc1ccc(S(=O)(=O)N2C[C@]3(c4cccc(C)c4)CCC[C@@H]2O3)cc1. The van der Waals surface area contributed by atoms with Gasteiger partial charge in [-0.2, -0.15) is 4.31 Å². The molecule has 2 atom stereocenters. The summed E-state index contributed by atoms with van der Waals surface area (Å²) in [6.45, 7) is 4.39. The van der Waals surface area contributed by atoms with Crippen molar-refractivity contribution in [3.05, 3.63) is 65.2 Å². The Hall–Kier alpha value is -1.69. The van der Waals surface area contributed by atoms with Crippen LogP contribution in [0.5, 0.6) is 0 Å². The van der Waals surface area contributed by atoms with E-state index in [0.29, 0.717) is 11.4 Å². The molecule has 2 bridgehead atoms. The van der Waals surface area contributed by atoms with Crippen LogP contribution in [0.15, 0.2) is 53.4 Å². The molecule has 4 rings (SSSR count). The van der Waals surface area contributed by atoms with Crippen molar-refractivity contribution in [2.24, 2.45) is 0 Å². The molecule has 0 amide bonds. The topological polar surface area (TPSA) is 46.6 Å². The van der Waals surface area contributed by atoms with Crippen LogP contribution in [-0.2, 0) is 20.4 Å². The summed E-state index contributed by atoms with van der Waals surface area (Å²) in [5.74, 6) is 0. The predicted molar refractivity (Wildman–Crippen MR) is 96.7 cm³/mol. The molecule has 4 nitrogen and oxygen atoms in total. The quantitative estimate of drug-likeness (QED) is 0.841. The largest absolute Gasteiger partial charge is 0.350 e. The number of nitrogens with zero attached hydrogens (tertiary/aromatic N) is 1. The van der Waals surface area contributed by atoms with Crippen molar-refractivity contribution in [1.82, 2.24) is 4.31 Å². The third-order valence-corrected chi connectivity index (χ3v) is 7.15. The highest BCUT2D eigenvalue weighted by molar-refractivity contribution is 7.89. The van der Waals surface area contributed by atoms with Crippen molar-refractivity contribution < 1.29 is 13.2 Å². The first-order chi connectivity index (χ1) is 11.9. The monoisotopic (exact) mass is 357 g/mol. The highest BCUT2D eigenvalue weighted by atomic mass is 32.2. The van der Waals surface area contributed by atoms with Gasteiger partial charge in [0.25, 0.3) is 0 Å². The van der Waals surface area contributed by atoms with E-state index in [1.807, 2.05) is 25.1 Å². The average molecular weight is 357 g/mol. The number of aryl methyl sites for hydroxylation is 2. The van der Waals surface area contributed by atoms with Crippen LogP contribution < -0.4 is 0 Å². The van der Waals surface area contributed by atoms with E-state index in [9.17, 15) is 8.42 Å². The Balaban J connectivity index is 1.72. The van der Waals surface area contributed by atoms with E-state index in [-0.39, 0.29) is 6.23 Å². The maximum Gasteiger partial charge on any atom is 0.245 e. The van der Waals surface area contributed by atoms with Gasteiger partial charge in [0, 0.05) is 0 Å². The van der Waals surface area contributed by atoms with E-state index >= 15 is 0 Å². The molecule has 0 N–H and O–H groups in total. The molecule has 0 saturated carbocycles. The summed E-state index contributed by atoms with van der Waals surface area (Å²) in [6, 6.07) is 15.3. The fraction of sp³-hybridized carbons (Fsp3) is 0.400. The minimum atomic E-state index is -3.56. The van der Waals surface area contributed by atoms with Crippen molar-refractivity contribution in [3.63, 3.8) is 0 Å². The van der Waals surface area contributed by atoms with Crippen LogP contribution in [0.1, 0.15) is 36.0 Å². The van der Waals surface area contributed by atoms with Crippen molar-refractivity contribution in [2.75, 3.05) is 6.54 Å². The molecule has 0 aliphatic carbocycles. The fourth-order valence-corrected chi connectivity index (χ4v) is 5.52. The zero-order valence-corrected chi connectivity index (χ0v) is 15.4. The van der Waals surface area contributed by atoms with Crippen LogP contribution >= 0.6 is 0 Å². The molecular weight excluding hydrogens is 334 g/mol. The van der Waals surface area contributed by atoms with Gasteiger partial charge < -0.3 is 4.74 Å². The number of fused-ring (bicyclic) bond motifs is 2. The van der Waals surface area contributed by atoms with Gasteiger partial charge in [0.2, 0.25) is 10.0 Å². The molecule has 2 fully saturated rings. The summed E-state index contributed by atoms with van der Waals surface area (Å²) in [5.41, 5.74) is 2.77. The number of hydrogen-bond acceptors (Lipinski definition) is 3. The zero-order valence-electron chi connectivity index (χ0n) is 14.6. The number of sulfonamides is 1. The lowest BCUT2D eigenvalue weighted by Crippen LogP contribution is -2.36. The van der Waals surface area contributed by atoms with Crippen LogP contribution in [0.4, 0.5) is 0 Å². The summed E-state index contributed by atoms with van der Waals surface area (Å²) in [7, 11) is -3.56. The number of rotatable bonds is 3. The lowest BCUT2D eigenvalue weighted by atomic mass is 9.87. The van der Waals surface area contributed by atoms with E-state index in [1.165, 1.54) is 0 Å². The van der Waals surface area contributed by atoms with Crippen molar-refractivity contribution in [3.8, 4) is 0 Å². The molecular formula is C20H23NO3S. The third kappa shape index (κ3) is 2.80. The van der Waals surface area contributed by atoms with E-state index in [1.54, 1.807) is 16.4 Å². The van der Waals surface area contributed by atoms with Gasteiger partial charge in [0.15, 0.2) is 0 Å². The molecule has 2 saturated heterocycles. The zero-order chi connectivity index (χ0) is 17.7. The maximum atomic E-state index is 13.2. The highest BCUT2D eigenvalue weighted by Gasteiger charge is 2.53. The minimum Gasteiger partial charge on any atom is -0.350 e. The second-order valence-electron chi connectivity index (χ2n) is 7.19. The smallest absolute Gasteiger partial charge is 0.245 e. The summed E-state index contributed by atoms with van der Waals surface area (Å²) < 4.78 is 34.2. The Morgan fingerprint density at radius 3 is 2.56 bits per heavy atom. The summed E-state index contributed by atoms with van der Waals surface area (Å²) >= 11 is 0. The molecule has 2 aliphatic heterocycles. The molecule has 5 heteroatoms. The van der Waals surface area contributed by atoms with E-state index in [0.717, 1.165) is 36.0 Å². The van der Waals surface area contributed by atoms with Crippen molar-refractivity contribution in [2.45, 2.75) is 49.8 Å². The molecule has 2 aliphatic rings. The van der Waals surface area contributed by atoms with E-state index in [4.69, 9.17) is 4.74 Å². The fourth-order valence-electron chi connectivity index (χ4n) is 3.93. The van der Waals surface area contributed by atoms with Crippen LogP contribution in [0.2, 0.25) is 0 Å². The van der Waals surface area contributed by atoms with Crippen molar-refractivity contribution in [1.29, 1.82) is 0 Å². The van der Waals surface area contributed by atoms with Gasteiger partial charge in [-0.25, -0.2) is 8.42 Å². The van der Waals surface area contributed by atoms with Gasteiger partial charge in [-0.1, -0.05) is 47.5 Å². The molecule has 2 aromatic carbocycles. The predicted octanol–water partition coefficient (Wildman–Crippen LogP) is 3.73. The number of benzene rings is 2. The van der Waals surface area contributed by atoms with Crippen molar-refractivity contribution >= 4 is 10.0 Å². The Labute approximate surface area is 149 Å². The molecule has 0 spiro atoms. The molecule has 132 valence electrons. The standard InChI is InChI=1S/C20H23NO3S/c1-15-8-10-18(11-9-15)25(22,23)21-14-20(12-4-7-19(21)24-20)17-6-3-5-16(2)13-17/h3,5-6,8-11,13,19H,4,7,12,14H2,1-2H3/t19-,20-/m0/s1. The average Bonchev–Trinajstić information content (AvgIpc) is 2.87. The van der Waals surface area contributed by atoms with Gasteiger partial charge in [-0.3, -0.25) is 0 Å². The Morgan fingerprint density at radius 2 is 1.84 bits per heavy atom. The first-order valence-corrected chi connectivity index (χ1v) is 10.2. The maximum absolute atomic E-state index is 13.2. The highest BCUT2D eigenvalue weighted by Crippen LogP contribution is 2.46. The Bertz CT molecular complexity index is 891. The van der Waals surface area contributed by atoms with Crippen LogP contribution in [-0.4, -0.2) is 25.5 Å². The molecule has 2 heterocycles. The molecule has 0 radical (unpaired) electrons. The molecule has 0 aromatic heterocycles. The van der Waals surface area contributed by atoms with E-state index in [2.05, 4.69) is 25.1 Å². The van der Waals surface area contributed by atoms with Gasteiger partial charge in [0.05, 0.1) is 11.4 Å².